The molecule has 0 aromatic heterocycles. The number of likely N-dealkylation sites (N-methyl/N-ethyl adjacent to an activating group) is 1. The van der Waals surface area contributed by atoms with Gasteiger partial charge in [-0.3, -0.25) is 13.9 Å². The summed E-state index contributed by atoms with van der Waals surface area (Å²) in [5, 5.41) is 2.56. The summed E-state index contributed by atoms with van der Waals surface area (Å²) in [7, 11) is -2.65. The molecule has 2 amide bonds. The van der Waals surface area contributed by atoms with Gasteiger partial charge in [-0.2, -0.15) is 0 Å². The maximum atomic E-state index is 13.7. The highest BCUT2D eigenvalue weighted by Crippen LogP contribution is 2.27. The molecule has 3 aromatic rings. The van der Waals surface area contributed by atoms with Gasteiger partial charge in [-0.25, -0.2) is 12.8 Å². The van der Waals surface area contributed by atoms with Crippen molar-refractivity contribution in [3.63, 3.8) is 0 Å². The molecule has 0 spiro atoms. The van der Waals surface area contributed by atoms with Crippen molar-refractivity contribution in [1.29, 1.82) is 0 Å². The molecule has 0 bridgehead atoms. The van der Waals surface area contributed by atoms with Crippen molar-refractivity contribution >= 4 is 43.5 Å². The molecule has 3 aromatic carbocycles. The summed E-state index contributed by atoms with van der Waals surface area (Å²) in [6.07, 6.45) is 0.301. The summed E-state index contributed by atoms with van der Waals surface area (Å²) in [4.78, 5) is 27.7. The molecule has 7 nitrogen and oxygen atoms in total. The predicted molar refractivity (Wildman–Crippen MR) is 140 cm³/mol. The van der Waals surface area contributed by atoms with Crippen LogP contribution in [0.1, 0.15) is 18.9 Å². The molecular weight excluding hydrogens is 549 g/mol. The lowest BCUT2D eigenvalue weighted by atomic mass is 10.1. The number of sulfonamides is 1. The number of carbonyl (C=O) groups is 2. The third kappa shape index (κ3) is 6.50. The molecule has 0 heterocycles. The van der Waals surface area contributed by atoms with E-state index in [2.05, 4.69) is 21.2 Å². The lowest BCUT2D eigenvalue weighted by Crippen LogP contribution is -2.51. The van der Waals surface area contributed by atoms with Crippen molar-refractivity contribution in [1.82, 2.24) is 10.2 Å². The molecule has 0 aliphatic carbocycles. The maximum absolute atomic E-state index is 13.7. The van der Waals surface area contributed by atoms with Gasteiger partial charge in [0.05, 0.1) is 10.6 Å². The van der Waals surface area contributed by atoms with Crippen molar-refractivity contribution in [3.8, 4) is 0 Å². The number of halogens is 2. The van der Waals surface area contributed by atoms with Gasteiger partial charge < -0.3 is 10.2 Å². The summed E-state index contributed by atoms with van der Waals surface area (Å²) in [6, 6.07) is 19.2. The lowest BCUT2D eigenvalue weighted by molar-refractivity contribution is -0.140. The number of nitrogens with one attached hydrogen (secondary N) is 1. The quantitative estimate of drug-likeness (QED) is 0.389. The van der Waals surface area contributed by atoms with Gasteiger partial charge in [-0.05, 0) is 54.4 Å². The zero-order chi connectivity index (χ0) is 26.3. The predicted octanol–water partition coefficient (Wildman–Crippen LogP) is 4.34. The molecule has 0 unspecified atom stereocenters. The number of rotatable bonds is 10. The van der Waals surface area contributed by atoms with Crippen LogP contribution in [0, 0.1) is 5.82 Å². The topological polar surface area (TPSA) is 86.8 Å². The first-order valence-electron chi connectivity index (χ1n) is 11.3. The van der Waals surface area contributed by atoms with Crippen LogP contribution >= 0.6 is 15.9 Å². The van der Waals surface area contributed by atoms with E-state index >= 15 is 0 Å². The lowest BCUT2D eigenvalue weighted by Gasteiger charge is -2.33. The molecule has 10 heteroatoms. The second kappa shape index (κ2) is 12.1. The normalized spacial score (nSPS) is 12.0. The molecule has 0 radical (unpaired) electrons. The number of hydrogen-bond acceptors (Lipinski definition) is 4. The summed E-state index contributed by atoms with van der Waals surface area (Å²) in [6.45, 7) is 1.22. The summed E-state index contributed by atoms with van der Waals surface area (Å²) in [5.41, 5.74) is 0.892. The Morgan fingerprint density at radius 3 is 2.25 bits per heavy atom. The minimum absolute atomic E-state index is 0.00273. The number of nitrogens with zero attached hydrogens (tertiary/aromatic N) is 2. The Hall–Kier alpha value is -3.24. The monoisotopic (exact) mass is 575 g/mol. The highest BCUT2D eigenvalue weighted by Gasteiger charge is 2.33. The first-order valence-corrected chi connectivity index (χ1v) is 13.5. The Balaban J connectivity index is 2.04. The van der Waals surface area contributed by atoms with Crippen LogP contribution in [-0.4, -0.2) is 44.8 Å². The van der Waals surface area contributed by atoms with E-state index < -0.39 is 34.3 Å². The number of amides is 2. The van der Waals surface area contributed by atoms with E-state index in [1.54, 1.807) is 49.4 Å². The fourth-order valence-electron chi connectivity index (χ4n) is 3.75. The number of hydrogen-bond donors (Lipinski definition) is 1. The van der Waals surface area contributed by atoms with Crippen LogP contribution in [0.15, 0.2) is 88.2 Å². The second-order valence-electron chi connectivity index (χ2n) is 7.99. The van der Waals surface area contributed by atoms with Gasteiger partial charge in [0.2, 0.25) is 11.8 Å². The summed E-state index contributed by atoms with van der Waals surface area (Å²) in [5.74, 6) is -1.38. The molecule has 1 N–H and O–H groups in total. The number of anilines is 1. The van der Waals surface area contributed by atoms with Crippen LogP contribution in [0.2, 0.25) is 0 Å². The van der Waals surface area contributed by atoms with E-state index in [0.717, 1.165) is 4.31 Å². The van der Waals surface area contributed by atoms with Crippen molar-refractivity contribution in [2.45, 2.75) is 30.8 Å². The summed E-state index contributed by atoms with van der Waals surface area (Å²) < 4.78 is 42.4. The van der Waals surface area contributed by atoms with Gasteiger partial charge in [0.25, 0.3) is 10.0 Å². The molecule has 0 saturated carbocycles. The minimum atomic E-state index is -4.12. The van der Waals surface area contributed by atoms with E-state index in [4.69, 9.17) is 0 Å². The third-order valence-corrected chi connectivity index (χ3v) is 7.89. The van der Waals surface area contributed by atoms with Crippen LogP contribution in [0.25, 0.3) is 0 Å². The average Bonchev–Trinajstić information content (AvgIpc) is 2.88. The molecule has 1 atom stereocenters. The van der Waals surface area contributed by atoms with Crippen LogP contribution < -0.4 is 9.62 Å². The van der Waals surface area contributed by atoms with Crippen molar-refractivity contribution < 1.29 is 22.4 Å². The van der Waals surface area contributed by atoms with E-state index in [0.29, 0.717) is 16.5 Å². The first-order chi connectivity index (χ1) is 17.2. The standard InChI is InChI=1S/C26H27BrFN3O4S/c1-3-24(26(33)29-2)30(17-19-12-14-21(28)15-13-19)25(32)18-31(22-9-7-8-20(27)16-22)36(34,35)23-10-5-4-6-11-23/h4-16,24H,3,17-18H2,1-2H3,(H,29,33)/t24-/m0/s1. The van der Waals surface area contributed by atoms with E-state index in [1.807, 2.05) is 0 Å². The fourth-order valence-corrected chi connectivity index (χ4v) is 5.57. The van der Waals surface area contributed by atoms with E-state index in [9.17, 15) is 22.4 Å². The van der Waals surface area contributed by atoms with Crippen LogP contribution in [0.4, 0.5) is 10.1 Å². The molecule has 36 heavy (non-hydrogen) atoms. The van der Waals surface area contributed by atoms with E-state index in [1.165, 1.54) is 48.3 Å². The highest BCUT2D eigenvalue weighted by molar-refractivity contribution is 9.10. The minimum Gasteiger partial charge on any atom is -0.357 e. The SMILES string of the molecule is CC[C@@H](C(=O)NC)N(Cc1ccc(F)cc1)C(=O)CN(c1cccc(Br)c1)S(=O)(=O)c1ccccc1. The summed E-state index contributed by atoms with van der Waals surface area (Å²) >= 11 is 3.36. The highest BCUT2D eigenvalue weighted by atomic mass is 79.9. The van der Waals surface area contributed by atoms with Gasteiger partial charge in [-0.1, -0.05) is 59.3 Å². The molecular formula is C26H27BrFN3O4S. The van der Waals surface area contributed by atoms with Crippen LogP contribution in [-0.2, 0) is 26.2 Å². The van der Waals surface area contributed by atoms with Gasteiger partial charge in [-0.15, -0.1) is 0 Å². The van der Waals surface area contributed by atoms with Gasteiger partial charge >= 0.3 is 0 Å². The number of benzene rings is 3. The van der Waals surface area contributed by atoms with Crippen molar-refractivity contribution in [3.05, 3.63) is 94.7 Å². The van der Waals surface area contributed by atoms with Crippen LogP contribution in [0.5, 0.6) is 0 Å². The zero-order valence-electron chi connectivity index (χ0n) is 19.9. The van der Waals surface area contributed by atoms with Crippen molar-refractivity contribution in [2.24, 2.45) is 0 Å². The van der Waals surface area contributed by atoms with Gasteiger partial charge in [0, 0.05) is 18.1 Å². The molecule has 0 aliphatic heterocycles. The Labute approximate surface area is 219 Å². The van der Waals surface area contributed by atoms with Gasteiger partial charge in [0.15, 0.2) is 0 Å². The first kappa shape index (κ1) is 27.3. The third-order valence-electron chi connectivity index (χ3n) is 5.60. The molecule has 3 rings (SSSR count). The molecule has 0 aliphatic rings. The Morgan fingerprint density at radius 1 is 1.00 bits per heavy atom. The zero-order valence-corrected chi connectivity index (χ0v) is 22.3. The fraction of sp³-hybridized carbons (Fsp3) is 0.231. The Bertz CT molecular complexity index is 1300. The molecule has 190 valence electrons. The van der Waals surface area contributed by atoms with Gasteiger partial charge in [0.1, 0.15) is 18.4 Å². The number of carbonyl (C=O) groups excluding carboxylic acids is 2. The van der Waals surface area contributed by atoms with Crippen molar-refractivity contribution in [2.75, 3.05) is 17.9 Å². The smallest absolute Gasteiger partial charge is 0.264 e. The Kier molecular flexibility index (Phi) is 9.22. The largest absolute Gasteiger partial charge is 0.357 e. The maximum Gasteiger partial charge on any atom is 0.264 e. The Morgan fingerprint density at radius 2 is 1.67 bits per heavy atom. The molecule has 0 fully saturated rings. The average molecular weight is 576 g/mol. The van der Waals surface area contributed by atoms with Crippen LogP contribution in [0.3, 0.4) is 0 Å². The molecule has 0 saturated heterocycles. The van der Waals surface area contributed by atoms with E-state index in [-0.39, 0.29) is 23.0 Å². The second-order valence-corrected chi connectivity index (χ2v) is 10.8.